The minimum absolute atomic E-state index is 0.0141. The number of carbonyl (C=O) groups excluding carboxylic acids is 1. The van der Waals surface area contributed by atoms with Crippen LogP contribution < -0.4 is 0 Å². The number of fused-ring (bicyclic) bond motifs is 3. The first kappa shape index (κ1) is 20.9. The summed E-state index contributed by atoms with van der Waals surface area (Å²) in [6, 6.07) is 10.0. The highest BCUT2D eigenvalue weighted by Crippen LogP contribution is 2.54. The number of hydrogen-bond acceptors (Lipinski definition) is 6. The van der Waals surface area contributed by atoms with Gasteiger partial charge in [0.05, 0.1) is 6.04 Å². The van der Waals surface area contributed by atoms with E-state index in [-0.39, 0.29) is 17.2 Å². The van der Waals surface area contributed by atoms with Crippen molar-refractivity contribution in [3.05, 3.63) is 88.5 Å². The summed E-state index contributed by atoms with van der Waals surface area (Å²) < 4.78 is 29.2. The molecule has 0 aromatic heterocycles. The first-order valence-corrected chi connectivity index (χ1v) is 12.0. The highest BCUT2D eigenvalue weighted by atomic mass is 32.2. The van der Waals surface area contributed by atoms with Gasteiger partial charge in [0.2, 0.25) is 5.78 Å². The van der Waals surface area contributed by atoms with Gasteiger partial charge in [-0.25, -0.2) is 13.8 Å². The Bertz CT molecular complexity index is 1240. The molecule has 0 amide bonds. The molecule has 1 saturated carbocycles. The van der Waals surface area contributed by atoms with Crippen LogP contribution in [0.1, 0.15) is 42.0 Å². The van der Waals surface area contributed by atoms with Crippen molar-refractivity contribution in [2.45, 2.75) is 42.1 Å². The Kier molecular flexibility index (Phi) is 4.69. The third-order valence-electron chi connectivity index (χ3n) is 7.33. The fraction of sp³-hybridized carbons (Fsp3) is 0.320. The summed E-state index contributed by atoms with van der Waals surface area (Å²) in [7, 11) is 0. The van der Waals surface area contributed by atoms with Gasteiger partial charge in [-0.1, -0.05) is 30.7 Å². The summed E-state index contributed by atoms with van der Waals surface area (Å²) in [6.07, 6.45) is 4.00. The predicted molar refractivity (Wildman–Crippen MR) is 119 cm³/mol. The molecule has 6 rings (SSSR count). The van der Waals surface area contributed by atoms with Crippen molar-refractivity contribution in [1.29, 1.82) is 0 Å². The Hall–Kier alpha value is -2.68. The first-order valence-electron chi connectivity index (χ1n) is 11.0. The lowest BCUT2D eigenvalue weighted by Gasteiger charge is -2.55. The number of carbonyl (C=O) groups is 1. The number of aliphatic hydroxyl groups excluding tert-OH is 2. The maximum Gasteiger partial charge on any atom is 0.216 e. The summed E-state index contributed by atoms with van der Waals surface area (Å²) >= 11 is 1.46. The van der Waals surface area contributed by atoms with E-state index in [1.54, 1.807) is 17.3 Å². The van der Waals surface area contributed by atoms with Crippen molar-refractivity contribution in [3.8, 4) is 0 Å². The monoisotopic (exact) mass is 468 g/mol. The van der Waals surface area contributed by atoms with Crippen molar-refractivity contribution in [3.63, 3.8) is 0 Å². The smallest absolute Gasteiger partial charge is 0.216 e. The standard InChI is InChI=1S/C25H22F2N2O3S/c26-17-7-6-14-16(20(17)27)12-33-19-5-2-1-4-15(19)21(14)29-13-25(9-3-10-25)24(32)22-23(31)18(30)8-11-28(22)29/h1-2,4-8,11,18,21,30,32H,3,9-10,12-13H2/t18?,21-/m1/s1. The fourth-order valence-electron chi connectivity index (χ4n) is 5.43. The molecule has 2 atom stereocenters. The molecule has 33 heavy (non-hydrogen) atoms. The zero-order chi connectivity index (χ0) is 22.9. The zero-order valence-electron chi connectivity index (χ0n) is 17.7. The zero-order valence-corrected chi connectivity index (χ0v) is 18.5. The number of nitrogens with zero attached hydrogens (tertiary/aromatic N) is 2. The second kappa shape index (κ2) is 7.41. The Morgan fingerprint density at radius 1 is 1.09 bits per heavy atom. The van der Waals surface area contributed by atoms with Crippen LogP contribution in [-0.2, 0) is 10.5 Å². The Morgan fingerprint density at radius 2 is 1.88 bits per heavy atom. The molecule has 1 fully saturated rings. The normalized spacial score (nSPS) is 25.9. The second-order valence-corrected chi connectivity index (χ2v) is 10.1. The van der Waals surface area contributed by atoms with E-state index in [0.717, 1.165) is 22.9 Å². The van der Waals surface area contributed by atoms with Crippen LogP contribution in [0.4, 0.5) is 8.78 Å². The molecule has 2 aromatic carbocycles. The lowest BCUT2D eigenvalue weighted by molar-refractivity contribution is -0.134. The van der Waals surface area contributed by atoms with Crippen LogP contribution in [0.15, 0.2) is 65.0 Å². The van der Waals surface area contributed by atoms with Gasteiger partial charge < -0.3 is 10.2 Å². The number of aliphatic hydroxyl groups is 2. The van der Waals surface area contributed by atoms with Crippen LogP contribution in [0, 0.1) is 17.0 Å². The molecule has 3 heterocycles. The average molecular weight is 469 g/mol. The van der Waals surface area contributed by atoms with E-state index in [0.29, 0.717) is 30.5 Å². The van der Waals surface area contributed by atoms with Crippen molar-refractivity contribution in [2.75, 3.05) is 6.54 Å². The van der Waals surface area contributed by atoms with Crippen molar-refractivity contribution >= 4 is 17.5 Å². The fourth-order valence-corrected chi connectivity index (χ4v) is 6.54. The topological polar surface area (TPSA) is 64.0 Å². The summed E-state index contributed by atoms with van der Waals surface area (Å²) in [5.41, 5.74) is 1.33. The van der Waals surface area contributed by atoms with Crippen LogP contribution in [0.3, 0.4) is 0 Å². The van der Waals surface area contributed by atoms with E-state index in [1.807, 2.05) is 29.3 Å². The number of thioether (sulfide) groups is 1. The molecule has 0 radical (unpaired) electrons. The molecule has 170 valence electrons. The van der Waals surface area contributed by atoms with Crippen molar-refractivity contribution in [2.24, 2.45) is 5.41 Å². The molecule has 1 spiro atoms. The maximum absolute atomic E-state index is 15.0. The number of Topliss-reactive ketones (excluding diaryl/α,β-unsaturated/α-hetero) is 1. The first-order chi connectivity index (χ1) is 15.9. The van der Waals surface area contributed by atoms with E-state index >= 15 is 0 Å². The molecular weight excluding hydrogens is 446 g/mol. The minimum Gasteiger partial charge on any atom is -0.509 e. The van der Waals surface area contributed by atoms with Gasteiger partial charge in [-0.15, -0.1) is 11.8 Å². The quantitative estimate of drug-likeness (QED) is 0.639. The number of halogens is 2. The van der Waals surface area contributed by atoms with Gasteiger partial charge in [0.25, 0.3) is 0 Å². The number of hydrazine groups is 1. The van der Waals surface area contributed by atoms with Gasteiger partial charge in [0.15, 0.2) is 11.6 Å². The molecule has 3 aliphatic heterocycles. The molecule has 0 bridgehead atoms. The molecular formula is C25H22F2N2O3S. The van der Waals surface area contributed by atoms with Crippen LogP contribution >= 0.6 is 11.8 Å². The summed E-state index contributed by atoms with van der Waals surface area (Å²) in [5, 5.41) is 24.9. The number of benzene rings is 2. The predicted octanol–water partition coefficient (Wildman–Crippen LogP) is 4.59. The Balaban J connectivity index is 1.60. The molecule has 8 heteroatoms. The molecule has 0 saturated heterocycles. The van der Waals surface area contributed by atoms with E-state index in [1.165, 1.54) is 17.8 Å². The largest absolute Gasteiger partial charge is 0.509 e. The second-order valence-electron chi connectivity index (χ2n) is 9.08. The Labute approximate surface area is 194 Å². The lowest BCUT2D eigenvalue weighted by Crippen LogP contribution is -2.58. The highest BCUT2D eigenvalue weighted by Gasteiger charge is 2.53. The SMILES string of the molecule is O=C1C2=C(O)C3(CCC3)CN([C@H]3c4ccccc4SCc4c3ccc(F)c4F)N2C=CC1O. The summed E-state index contributed by atoms with van der Waals surface area (Å²) in [6.45, 7) is 0.415. The minimum atomic E-state index is -1.33. The van der Waals surface area contributed by atoms with Gasteiger partial charge in [0.1, 0.15) is 17.6 Å². The van der Waals surface area contributed by atoms with Gasteiger partial charge in [-0.3, -0.25) is 9.80 Å². The Morgan fingerprint density at radius 3 is 2.64 bits per heavy atom. The van der Waals surface area contributed by atoms with Crippen LogP contribution in [0.25, 0.3) is 0 Å². The van der Waals surface area contributed by atoms with E-state index < -0.39 is 35.0 Å². The third-order valence-corrected chi connectivity index (χ3v) is 8.45. The van der Waals surface area contributed by atoms with E-state index in [9.17, 15) is 23.8 Å². The van der Waals surface area contributed by atoms with Crippen LogP contribution in [0.2, 0.25) is 0 Å². The third kappa shape index (κ3) is 2.94. The number of ketones is 1. The van der Waals surface area contributed by atoms with Crippen LogP contribution in [-0.4, -0.2) is 38.7 Å². The molecule has 2 N–H and O–H groups in total. The molecule has 2 aromatic rings. The van der Waals surface area contributed by atoms with Gasteiger partial charge in [-0.05, 0) is 42.2 Å². The highest BCUT2D eigenvalue weighted by molar-refractivity contribution is 7.98. The molecule has 5 nitrogen and oxygen atoms in total. The van der Waals surface area contributed by atoms with E-state index in [4.69, 9.17) is 0 Å². The molecule has 1 aliphatic carbocycles. The number of hydrogen-bond donors (Lipinski definition) is 2. The summed E-state index contributed by atoms with van der Waals surface area (Å²) in [4.78, 5) is 13.9. The van der Waals surface area contributed by atoms with Crippen LogP contribution in [0.5, 0.6) is 0 Å². The maximum atomic E-state index is 15.0. The van der Waals surface area contributed by atoms with Gasteiger partial charge in [0, 0.05) is 34.4 Å². The average Bonchev–Trinajstić information content (AvgIpc) is 2.95. The summed E-state index contributed by atoms with van der Waals surface area (Å²) in [5.74, 6) is -2.00. The molecule has 4 aliphatic rings. The lowest BCUT2D eigenvalue weighted by atomic mass is 9.65. The van der Waals surface area contributed by atoms with Crippen molar-refractivity contribution in [1.82, 2.24) is 10.0 Å². The van der Waals surface area contributed by atoms with E-state index in [2.05, 4.69) is 0 Å². The van der Waals surface area contributed by atoms with Gasteiger partial charge >= 0.3 is 0 Å². The van der Waals surface area contributed by atoms with Gasteiger partial charge in [-0.2, -0.15) is 0 Å². The molecule has 1 unspecified atom stereocenters. The number of rotatable bonds is 1. The van der Waals surface area contributed by atoms with Crippen molar-refractivity contribution < 1.29 is 23.8 Å².